The molecule has 0 fully saturated rings. The summed E-state index contributed by atoms with van der Waals surface area (Å²) in [5.41, 5.74) is 2.07. The third-order valence-electron chi connectivity index (χ3n) is 4.11. The molecule has 0 saturated carbocycles. The molecule has 0 amide bonds. The van der Waals surface area contributed by atoms with E-state index in [1.807, 2.05) is 30.5 Å². The number of rotatable bonds is 8. The first kappa shape index (κ1) is 27.1. The zero-order valence-electron chi connectivity index (χ0n) is 14.9. The second-order valence-electron chi connectivity index (χ2n) is 5.73. The number of fused-ring (bicyclic) bond motifs is 1. The van der Waals surface area contributed by atoms with Crippen LogP contribution in [-0.4, -0.2) is 35.6 Å². The predicted octanol–water partition coefficient (Wildman–Crippen LogP) is -1.18. The Morgan fingerprint density at radius 3 is 2.48 bits per heavy atom. The molecule has 0 spiro atoms. The summed E-state index contributed by atoms with van der Waals surface area (Å²) in [5.74, 6) is 0. The van der Waals surface area contributed by atoms with Gasteiger partial charge in [-0.1, -0.05) is 25.4 Å². The maximum absolute atomic E-state index is 6.04. The van der Waals surface area contributed by atoms with Crippen LogP contribution in [0, 0.1) is 0 Å². The van der Waals surface area contributed by atoms with E-state index in [0.717, 1.165) is 41.1 Å². The van der Waals surface area contributed by atoms with Gasteiger partial charge in [0.1, 0.15) is 0 Å². The zero-order chi connectivity index (χ0) is 15.9. The third-order valence-corrected chi connectivity index (χ3v) is 4.35. The topological polar surface area (TPSA) is 28.2 Å². The van der Waals surface area contributed by atoms with Gasteiger partial charge in [-0.05, 0) is 63.7 Å². The molecule has 0 aliphatic carbocycles. The second-order valence-corrected chi connectivity index (χ2v) is 6.17. The molecule has 1 aromatic carbocycles. The van der Waals surface area contributed by atoms with Crippen LogP contribution in [0.25, 0.3) is 10.9 Å². The van der Waals surface area contributed by atoms with Crippen molar-refractivity contribution in [3.63, 3.8) is 0 Å². The molecule has 0 radical (unpaired) electrons. The first-order valence-electron chi connectivity index (χ1n) is 8.17. The van der Waals surface area contributed by atoms with Crippen molar-refractivity contribution in [1.29, 1.82) is 0 Å². The van der Waals surface area contributed by atoms with Gasteiger partial charge in [0.15, 0.2) is 0 Å². The summed E-state index contributed by atoms with van der Waals surface area (Å²) in [6.07, 6.45) is 4.21. The van der Waals surface area contributed by atoms with Crippen molar-refractivity contribution in [3.05, 3.63) is 35.5 Å². The molecule has 1 heterocycles. The molecule has 0 aliphatic rings. The van der Waals surface area contributed by atoms with E-state index in [1.165, 1.54) is 13.0 Å². The van der Waals surface area contributed by atoms with Crippen molar-refractivity contribution < 1.29 is 44.3 Å². The molecular weight excluding hydrogens is 466 g/mol. The van der Waals surface area contributed by atoms with E-state index in [4.69, 9.17) is 11.6 Å². The molecule has 0 bridgehead atoms. The number of anilines is 1. The fraction of sp³-hybridized carbons (Fsp3) is 0.500. The third kappa shape index (κ3) is 8.41. The Kier molecular flexibility index (Phi) is 15.2. The molecule has 25 heavy (non-hydrogen) atoms. The van der Waals surface area contributed by atoms with E-state index in [2.05, 4.69) is 36.0 Å². The van der Waals surface area contributed by atoms with Gasteiger partial charge < -0.3 is 35.0 Å². The fourth-order valence-corrected chi connectivity index (χ4v) is 2.91. The first-order valence-corrected chi connectivity index (χ1v) is 8.55. The summed E-state index contributed by atoms with van der Waals surface area (Å²) >= 11 is 6.04. The van der Waals surface area contributed by atoms with Crippen LogP contribution >= 0.6 is 11.6 Å². The van der Waals surface area contributed by atoms with E-state index in [-0.39, 0.29) is 44.3 Å². The largest absolute Gasteiger partial charge is 2.00 e. The van der Waals surface area contributed by atoms with Crippen molar-refractivity contribution in [2.24, 2.45) is 0 Å². The maximum atomic E-state index is 6.04. The average Bonchev–Trinajstić information content (AvgIpc) is 2.51. The molecule has 7 heteroatoms. The number of pyridine rings is 1. The van der Waals surface area contributed by atoms with Crippen molar-refractivity contribution in [2.75, 3.05) is 25.0 Å². The van der Waals surface area contributed by atoms with Gasteiger partial charge in [0.25, 0.3) is 0 Å². The maximum Gasteiger partial charge on any atom is 2.00 e. The summed E-state index contributed by atoms with van der Waals surface area (Å²) in [6, 6.07) is 8.35. The monoisotopic (exact) mass is 491 g/mol. The van der Waals surface area contributed by atoms with Gasteiger partial charge in [0, 0.05) is 28.3 Å². The normalized spacial score (nSPS) is 11.2. The van der Waals surface area contributed by atoms with Crippen molar-refractivity contribution in [1.82, 2.24) is 9.88 Å². The minimum absolute atomic E-state index is 0. The molecule has 142 valence electrons. The Hall–Kier alpha value is -0.117. The standard InChI is InChI=1S/C18H26ClN3.2ClH.Ru/c1-4-22(5-2)12-6-7-14(3)21-17-10-11-20-18-13-15(19)8-9-16(17)18;;;/h8-11,13-14H,4-7,12H2,1-3H3,(H,20,21);2*1H;/q;;;+2/p-2. The van der Waals surface area contributed by atoms with Crippen molar-refractivity contribution >= 4 is 28.2 Å². The number of benzene rings is 1. The smallest absolute Gasteiger partial charge is 1.00 e. The average molecular weight is 492 g/mol. The molecule has 3 nitrogen and oxygen atoms in total. The van der Waals surface area contributed by atoms with Gasteiger partial charge in [0.2, 0.25) is 0 Å². The number of hydrogen-bond donors (Lipinski definition) is 1. The minimum Gasteiger partial charge on any atom is -1.00 e. The van der Waals surface area contributed by atoms with Crippen LogP contribution < -0.4 is 30.1 Å². The molecular formula is C18H26Cl3N3Ru. The SMILES string of the molecule is CCN(CC)CCCC(C)Nc1ccnc2cc(Cl)ccc12.[Cl-].[Cl-].[Ru+2]. The van der Waals surface area contributed by atoms with Crippen LogP contribution in [0.15, 0.2) is 30.5 Å². The van der Waals surface area contributed by atoms with Crippen LogP contribution in [-0.2, 0) is 19.5 Å². The number of hydrogen-bond acceptors (Lipinski definition) is 3. The second kappa shape index (κ2) is 14.0. The summed E-state index contributed by atoms with van der Waals surface area (Å²) in [4.78, 5) is 6.86. The van der Waals surface area contributed by atoms with Crippen molar-refractivity contribution in [3.8, 4) is 0 Å². The van der Waals surface area contributed by atoms with E-state index >= 15 is 0 Å². The Bertz CT molecular complexity index is 609. The Morgan fingerprint density at radius 1 is 1.16 bits per heavy atom. The zero-order valence-corrected chi connectivity index (χ0v) is 18.9. The summed E-state index contributed by atoms with van der Waals surface area (Å²) in [6.45, 7) is 10.1. The first-order chi connectivity index (χ1) is 10.6. The van der Waals surface area contributed by atoms with E-state index in [0.29, 0.717) is 6.04 Å². The van der Waals surface area contributed by atoms with Crippen molar-refractivity contribution in [2.45, 2.75) is 39.7 Å². The van der Waals surface area contributed by atoms with Gasteiger partial charge in [-0.2, -0.15) is 0 Å². The van der Waals surface area contributed by atoms with Gasteiger partial charge in [0.05, 0.1) is 5.52 Å². The van der Waals surface area contributed by atoms with E-state index in [1.54, 1.807) is 0 Å². The Labute approximate surface area is 181 Å². The summed E-state index contributed by atoms with van der Waals surface area (Å²) in [5, 5.41) is 5.47. The van der Waals surface area contributed by atoms with Crippen LogP contribution in [0.4, 0.5) is 5.69 Å². The van der Waals surface area contributed by atoms with E-state index < -0.39 is 0 Å². The van der Waals surface area contributed by atoms with Gasteiger partial charge in [-0.15, -0.1) is 0 Å². The molecule has 1 N–H and O–H groups in total. The quantitative estimate of drug-likeness (QED) is 0.471. The van der Waals surface area contributed by atoms with Crippen LogP contribution in [0.1, 0.15) is 33.6 Å². The molecule has 0 aliphatic heterocycles. The molecule has 1 atom stereocenters. The fourth-order valence-electron chi connectivity index (χ4n) is 2.75. The molecule has 1 aromatic heterocycles. The van der Waals surface area contributed by atoms with Crippen LogP contribution in [0.5, 0.6) is 0 Å². The summed E-state index contributed by atoms with van der Waals surface area (Å²) in [7, 11) is 0. The van der Waals surface area contributed by atoms with Gasteiger partial charge in [-0.3, -0.25) is 4.98 Å². The number of halogens is 3. The molecule has 0 saturated heterocycles. The molecule has 2 aromatic rings. The molecule has 1 unspecified atom stereocenters. The Morgan fingerprint density at radius 2 is 1.84 bits per heavy atom. The van der Waals surface area contributed by atoms with E-state index in [9.17, 15) is 0 Å². The number of nitrogens with one attached hydrogen (secondary N) is 1. The summed E-state index contributed by atoms with van der Waals surface area (Å²) < 4.78 is 0. The number of aromatic nitrogens is 1. The van der Waals surface area contributed by atoms with Gasteiger partial charge >= 0.3 is 19.5 Å². The van der Waals surface area contributed by atoms with Crippen LogP contribution in [0.3, 0.4) is 0 Å². The van der Waals surface area contributed by atoms with Gasteiger partial charge in [-0.25, -0.2) is 0 Å². The Balaban J connectivity index is 0. The molecule has 2 rings (SSSR count). The number of nitrogens with zero attached hydrogens (tertiary/aromatic N) is 2. The van der Waals surface area contributed by atoms with Crippen LogP contribution in [0.2, 0.25) is 5.02 Å². The predicted molar refractivity (Wildman–Crippen MR) is 96.9 cm³/mol. The minimum atomic E-state index is 0.